The first-order valence-electron chi connectivity index (χ1n) is 9.44. The molecule has 0 bridgehead atoms. The van der Waals surface area contributed by atoms with Crippen LogP contribution in [0.1, 0.15) is 48.8 Å². The van der Waals surface area contributed by atoms with E-state index in [1.807, 2.05) is 31.2 Å². The fourth-order valence-electron chi connectivity index (χ4n) is 4.75. The Kier molecular flexibility index (Phi) is 3.98. The van der Waals surface area contributed by atoms with E-state index in [0.29, 0.717) is 5.92 Å². The summed E-state index contributed by atoms with van der Waals surface area (Å²) in [4.78, 5) is 26.0. The number of ketones is 1. The van der Waals surface area contributed by atoms with Gasteiger partial charge in [0.25, 0.3) is 0 Å². The lowest BCUT2D eigenvalue weighted by atomic mass is 9.82. The summed E-state index contributed by atoms with van der Waals surface area (Å²) in [5, 5.41) is 3.06. The smallest absolute Gasteiger partial charge is 0.235 e. The highest BCUT2D eigenvalue weighted by Crippen LogP contribution is 2.43. The summed E-state index contributed by atoms with van der Waals surface area (Å²) >= 11 is 0. The van der Waals surface area contributed by atoms with Gasteiger partial charge in [-0.2, -0.15) is 0 Å². The third-order valence-electron chi connectivity index (χ3n) is 6.13. The molecule has 134 valence electrons. The Balaban J connectivity index is 1.74. The van der Waals surface area contributed by atoms with Crippen LogP contribution in [0.25, 0.3) is 11.1 Å². The van der Waals surface area contributed by atoms with Gasteiger partial charge in [-0.15, -0.1) is 0 Å². The lowest BCUT2D eigenvalue weighted by molar-refractivity contribution is -0.125. The van der Waals surface area contributed by atoms with Gasteiger partial charge in [-0.3, -0.25) is 9.59 Å². The van der Waals surface area contributed by atoms with Crippen molar-refractivity contribution < 1.29 is 9.59 Å². The molecule has 1 spiro atoms. The molecule has 2 aromatic rings. The second-order valence-electron chi connectivity index (χ2n) is 8.11. The van der Waals surface area contributed by atoms with E-state index in [4.69, 9.17) is 0 Å². The predicted octanol–water partition coefficient (Wildman–Crippen LogP) is 4.31. The van der Waals surface area contributed by atoms with Crippen molar-refractivity contribution in [2.24, 2.45) is 5.92 Å². The van der Waals surface area contributed by atoms with Crippen LogP contribution < -0.4 is 5.32 Å². The molecule has 3 unspecified atom stereocenters. The Hall–Kier alpha value is -2.42. The zero-order valence-corrected chi connectivity index (χ0v) is 15.6. The molecule has 1 saturated carbocycles. The van der Waals surface area contributed by atoms with Crippen LogP contribution in [-0.2, 0) is 9.59 Å². The van der Waals surface area contributed by atoms with Crippen molar-refractivity contribution >= 4 is 11.7 Å². The molecular weight excluding hydrogens is 322 g/mol. The van der Waals surface area contributed by atoms with Crippen LogP contribution in [0.3, 0.4) is 0 Å². The molecule has 4 rings (SSSR count). The molecule has 2 aliphatic rings. The van der Waals surface area contributed by atoms with E-state index in [9.17, 15) is 9.59 Å². The van der Waals surface area contributed by atoms with E-state index < -0.39 is 11.5 Å². The van der Waals surface area contributed by atoms with Crippen LogP contribution in [-0.4, -0.2) is 17.2 Å². The summed E-state index contributed by atoms with van der Waals surface area (Å²) in [6.07, 6.45) is 2.55. The van der Waals surface area contributed by atoms with Gasteiger partial charge in [-0.05, 0) is 66.8 Å². The number of amides is 1. The average molecular weight is 347 g/mol. The lowest BCUT2D eigenvalue weighted by Gasteiger charge is -2.21. The van der Waals surface area contributed by atoms with Crippen molar-refractivity contribution in [2.45, 2.75) is 51.5 Å². The maximum atomic E-state index is 13.2. The average Bonchev–Trinajstić information content (AvgIpc) is 3.10. The number of carbonyl (C=O) groups excluding carboxylic acids is 2. The number of hydrogen-bond donors (Lipinski definition) is 1. The van der Waals surface area contributed by atoms with Gasteiger partial charge in [0, 0.05) is 0 Å². The lowest BCUT2D eigenvalue weighted by Crippen LogP contribution is -2.44. The topological polar surface area (TPSA) is 46.2 Å². The second kappa shape index (κ2) is 6.08. The fourth-order valence-corrected chi connectivity index (χ4v) is 4.75. The molecule has 0 aromatic heterocycles. The fraction of sp³-hybridized carbons (Fsp3) is 0.391. The normalized spacial score (nSPS) is 28.0. The summed E-state index contributed by atoms with van der Waals surface area (Å²) < 4.78 is 0. The third-order valence-corrected chi connectivity index (χ3v) is 6.13. The van der Waals surface area contributed by atoms with Gasteiger partial charge in [0.15, 0.2) is 5.78 Å². The summed E-state index contributed by atoms with van der Waals surface area (Å²) in [5.41, 5.74) is 4.65. The zero-order chi connectivity index (χ0) is 18.5. The van der Waals surface area contributed by atoms with Gasteiger partial charge < -0.3 is 5.32 Å². The molecular formula is C23H25NO2. The number of nitrogens with one attached hydrogen (secondary N) is 1. The largest absolute Gasteiger partial charge is 0.343 e. The maximum Gasteiger partial charge on any atom is 0.235 e. The Labute approximate surface area is 154 Å². The van der Waals surface area contributed by atoms with Crippen LogP contribution in [0.15, 0.2) is 42.5 Å². The van der Waals surface area contributed by atoms with Crippen molar-refractivity contribution in [3.05, 3.63) is 59.2 Å². The van der Waals surface area contributed by atoms with E-state index in [1.165, 1.54) is 0 Å². The van der Waals surface area contributed by atoms with E-state index in [2.05, 4.69) is 37.4 Å². The minimum Gasteiger partial charge on any atom is -0.343 e. The Bertz CT molecular complexity index is 887. The van der Waals surface area contributed by atoms with Gasteiger partial charge in [0.2, 0.25) is 5.91 Å². The second-order valence-corrected chi connectivity index (χ2v) is 8.11. The minimum absolute atomic E-state index is 0.0711. The standard InChI is InChI=1S/C23H25NO2/c1-14-9-10-23(13-14)21(25)20(22(26)24-23)19-12-15(2)18(11-16(19)3)17-7-5-4-6-8-17/h4-8,11-12,14,20H,9-10,13H2,1-3H3,(H,24,26). The monoisotopic (exact) mass is 347 g/mol. The Morgan fingerprint density at radius 2 is 1.77 bits per heavy atom. The number of carbonyl (C=O) groups is 2. The van der Waals surface area contributed by atoms with Gasteiger partial charge in [-0.25, -0.2) is 0 Å². The number of rotatable bonds is 2. The van der Waals surface area contributed by atoms with Crippen molar-refractivity contribution in [1.29, 1.82) is 0 Å². The predicted molar refractivity (Wildman–Crippen MR) is 103 cm³/mol. The summed E-state index contributed by atoms with van der Waals surface area (Å²) in [6, 6.07) is 14.4. The van der Waals surface area contributed by atoms with Crippen molar-refractivity contribution in [3.8, 4) is 11.1 Å². The van der Waals surface area contributed by atoms with E-state index in [1.54, 1.807) is 0 Å². The number of hydrogen-bond acceptors (Lipinski definition) is 2. The highest BCUT2D eigenvalue weighted by atomic mass is 16.2. The molecule has 26 heavy (non-hydrogen) atoms. The van der Waals surface area contributed by atoms with Crippen LogP contribution in [0.5, 0.6) is 0 Å². The minimum atomic E-state index is -0.663. The highest BCUT2D eigenvalue weighted by molar-refractivity contribution is 6.17. The first-order chi connectivity index (χ1) is 12.4. The first-order valence-corrected chi connectivity index (χ1v) is 9.44. The molecule has 3 nitrogen and oxygen atoms in total. The molecule has 1 aliphatic carbocycles. The van der Waals surface area contributed by atoms with Gasteiger partial charge in [-0.1, -0.05) is 49.4 Å². The van der Waals surface area contributed by atoms with Crippen LogP contribution in [0.2, 0.25) is 0 Å². The molecule has 3 atom stereocenters. The number of aryl methyl sites for hydroxylation is 2. The quantitative estimate of drug-likeness (QED) is 0.823. The Morgan fingerprint density at radius 1 is 1.04 bits per heavy atom. The molecule has 1 N–H and O–H groups in total. The van der Waals surface area contributed by atoms with Gasteiger partial charge in [0.1, 0.15) is 5.92 Å². The molecule has 1 heterocycles. The van der Waals surface area contributed by atoms with E-state index >= 15 is 0 Å². The molecule has 1 aliphatic heterocycles. The van der Waals surface area contributed by atoms with Gasteiger partial charge >= 0.3 is 0 Å². The SMILES string of the molecule is Cc1cc(C2C(=O)NC3(CCC(C)C3)C2=O)c(C)cc1-c1ccccc1. The van der Waals surface area contributed by atoms with E-state index in [0.717, 1.165) is 47.1 Å². The maximum absolute atomic E-state index is 13.2. The van der Waals surface area contributed by atoms with Gasteiger partial charge in [0.05, 0.1) is 5.54 Å². The molecule has 1 saturated heterocycles. The molecule has 1 amide bonds. The molecule has 3 heteroatoms. The van der Waals surface area contributed by atoms with Crippen LogP contribution in [0, 0.1) is 19.8 Å². The number of benzene rings is 2. The molecule has 2 fully saturated rings. The Morgan fingerprint density at radius 3 is 2.42 bits per heavy atom. The first kappa shape index (κ1) is 17.0. The number of Topliss-reactive ketones (excluding diaryl/α,β-unsaturated/α-hetero) is 1. The highest BCUT2D eigenvalue weighted by Gasteiger charge is 2.55. The van der Waals surface area contributed by atoms with Crippen molar-refractivity contribution in [3.63, 3.8) is 0 Å². The molecule has 0 radical (unpaired) electrons. The summed E-state index contributed by atoms with van der Waals surface area (Å²) in [6.45, 7) is 6.21. The van der Waals surface area contributed by atoms with Crippen LogP contribution >= 0.6 is 0 Å². The van der Waals surface area contributed by atoms with E-state index in [-0.39, 0.29) is 11.7 Å². The third kappa shape index (κ3) is 2.57. The van der Waals surface area contributed by atoms with Crippen LogP contribution in [0.4, 0.5) is 0 Å². The summed E-state index contributed by atoms with van der Waals surface area (Å²) in [7, 11) is 0. The zero-order valence-electron chi connectivity index (χ0n) is 15.6. The summed E-state index contributed by atoms with van der Waals surface area (Å²) in [5.74, 6) is -0.231. The molecule has 2 aromatic carbocycles. The van der Waals surface area contributed by atoms with Crippen molar-refractivity contribution in [1.82, 2.24) is 5.32 Å². The van der Waals surface area contributed by atoms with Crippen molar-refractivity contribution in [2.75, 3.05) is 0 Å².